The van der Waals surface area contributed by atoms with E-state index in [-0.39, 0.29) is 12.1 Å². The molecular weight excluding hydrogens is 354 g/mol. The summed E-state index contributed by atoms with van der Waals surface area (Å²) in [5, 5.41) is 0.345. The number of hydrogen-bond acceptors (Lipinski definition) is 5. The van der Waals surface area contributed by atoms with Gasteiger partial charge in [-0.25, -0.2) is 0 Å². The zero-order chi connectivity index (χ0) is 18.3. The van der Waals surface area contributed by atoms with Gasteiger partial charge in [0.15, 0.2) is 0 Å². The van der Waals surface area contributed by atoms with Crippen LogP contribution in [0.15, 0.2) is 0 Å². The van der Waals surface area contributed by atoms with Crippen LogP contribution in [0.2, 0.25) is 22.2 Å². The van der Waals surface area contributed by atoms with Crippen LogP contribution in [0.3, 0.4) is 0 Å². The van der Waals surface area contributed by atoms with Crippen molar-refractivity contribution in [3.8, 4) is 0 Å². The Balaban J connectivity index is 2.51. The molecule has 3 atom stereocenters. The van der Waals surface area contributed by atoms with Gasteiger partial charge in [-0.05, 0) is 22.2 Å². The maximum absolute atomic E-state index is 7.14. The molecule has 142 valence electrons. The van der Waals surface area contributed by atoms with Gasteiger partial charge < -0.3 is 18.7 Å². The average molecular weight is 392 g/mol. The van der Waals surface area contributed by atoms with Gasteiger partial charge in [0.05, 0.1) is 18.0 Å². The Kier molecular flexibility index (Phi) is 6.72. The quantitative estimate of drug-likeness (QED) is 0.720. The number of fused-ring (bicyclic) bond motifs is 1. The molecule has 0 aromatic rings. The van der Waals surface area contributed by atoms with E-state index in [1.807, 2.05) is 11.8 Å². The standard InChI is InChI=1S/C17H37NO3SSi2/c1-11(2)23(12(3)4)19-9-16-17(15(18)10-22-16)20-24(21-23,13(5)6)14(7)8/h11-17H,9-10,18H2,1-8H3/t15-,16-,17+/m1/s1. The number of hydrogen-bond donors (Lipinski definition) is 1. The number of rotatable bonds is 4. The lowest BCUT2D eigenvalue weighted by molar-refractivity contribution is 0.0666. The van der Waals surface area contributed by atoms with E-state index in [0.717, 1.165) is 5.75 Å². The summed E-state index contributed by atoms with van der Waals surface area (Å²) in [6, 6.07) is 0.0869. The van der Waals surface area contributed by atoms with Crippen LogP contribution in [0, 0.1) is 0 Å². The van der Waals surface area contributed by atoms with E-state index in [1.165, 1.54) is 0 Å². The third-order valence-electron chi connectivity index (χ3n) is 5.62. The van der Waals surface area contributed by atoms with Crippen molar-refractivity contribution in [2.24, 2.45) is 5.73 Å². The van der Waals surface area contributed by atoms with Crippen molar-refractivity contribution in [3.63, 3.8) is 0 Å². The molecule has 0 saturated carbocycles. The molecule has 2 saturated heterocycles. The molecule has 0 aromatic carbocycles. The van der Waals surface area contributed by atoms with Crippen molar-refractivity contribution in [1.29, 1.82) is 0 Å². The minimum atomic E-state index is -2.47. The fraction of sp³-hybridized carbons (Fsp3) is 1.00. The largest absolute Gasteiger partial charge is 0.414 e. The first-order chi connectivity index (χ1) is 11.1. The summed E-state index contributed by atoms with van der Waals surface area (Å²) in [6.07, 6.45) is 0.0674. The van der Waals surface area contributed by atoms with Crippen LogP contribution in [0.1, 0.15) is 55.4 Å². The topological polar surface area (TPSA) is 53.7 Å². The SMILES string of the molecule is CC(C)[Si]1(C(C)C)OC[C@H]2SC[C@@H](N)[C@@H]2O[Si](C(C)C)(C(C)C)O1. The van der Waals surface area contributed by atoms with Gasteiger partial charge in [0, 0.05) is 11.8 Å². The minimum absolute atomic E-state index is 0.0674. The molecule has 0 spiro atoms. The maximum Gasteiger partial charge on any atom is 0.335 e. The van der Waals surface area contributed by atoms with Crippen LogP contribution in [0.5, 0.6) is 0 Å². The molecule has 0 unspecified atom stereocenters. The summed E-state index contributed by atoms with van der Waals surface area (Å²) in [4.78, 5) is 0. The van der Waals surface area contributed by atoms with Crippen molar-refractivity contribution < 1.29 is 13.0 Å². The Morgan fingerprint density at radius 3 is 1.83 bits per heavy atom. The molecule has 2 aliphatic heterocycles. The molecule has 2 heterocycles. The Hall–Kier alpha value is 0.624. The molecule has 0 radical (unpaired) electrons. The lowest BCUT2D eigenvalue weighted by atomic mass is 10.1. The zero-order valence-corrected chi connectivity index (χ0v) is 19.5. The highest BCUT2D eigenvalue weighted by molar-refractivity contribution is 8.00. The molecule has 0 aliphatic carbocycles. The normalized spacial score (nSPS) is 33.1. The third kappa shape index (κ3) is 3.55. The van der Waals surface area contributed by atoms with E-state index in [2.05, 4.69) is 55.4 Å². The van der Waals surface area contributed by atoms with E-state index >= 15 is 0 Å². The van der Waals surface area contributed by atoms with Crippen molar-refractivity contribution in [3.05, 3.63) is 0 Å². The van der Waals surface area contributed by atoms with Gasteiger partial charge in [-0.1, -0.05) is 55.4 Å². The maximum atomic E-state index is 7.14. The van der Waals surface area contributed by atoms with Gasteiger partial charge >= 0.3 is 17.1 Å². The second-order valence-electron chi connectivity index (χ2n) is 8.59. The highest BCUT2D eigenvalue weighted by Gasteiger charge is 2.60. The summed E-state index contributed by atoms with van der Waals surface area (Å²) in [6.45, 7) is 18.8. The summed E-state index contributed by atoms with van der Waals surface area (Å²) in [5.74, 6) is 0.956. The van der Waals surface area contributed by atoms with Crippen LogP contribution < -0.4 is 5.73 Å². The summed E-state index contributed by atoms with van der Waals surface area (Å²) in [5.41, 5.74) is 7.96. The van der Waals surface area contributed by atoms with E-state index in [9.17, 15) is 0 Å². The molecule has 0 bridgehead atoms. The Bertz CT molecular complexity index is 418. The average Bonchev–Trinajstić information content (AvgIpc) is 2.77. The lowest BCUT2D eigenvalue weighted by Crippen LogP contribution is -2.66. The molecule has 2 aliphatic rings. The second kappa shape index (κ2) is 7.70. The Labute approximate surface area is 155 Å². The van der Waals surface area contributed by atoms with E-state index in [1.54, 1.807) is 0 Å². The molecule has 2 N–H and O–H groups in total. The molecular formula is C17H37NO3SSi2. The Morgan fingerprint density at radius 1 is 0.875 bits per heavy atom. The highest BCUT2D eigenvalue weighted by Crippen LogP contribution is 2.48. The molecule has 7 heteroatoms. The number of nitrogens with two attached hydrogens (primary N) is 1. The highest BCUT2D eigenvalue weighted by atomic mass is 32.2. The summed E-state index contributed by atoms with van der Waals surface area (Å²) < 4.78 is 20.8. The van der Waals surface area contributed by atoms with Crippen LogP contribution in [-0.2, 0) is 13.0 Å². The van der Waals surface area contributed by atoms with Gasteiger partial charge in [0.2, 0.25) is 0 Å². The Morgan fingerprint density at radius 2 is 1.38 bits per heavy atom. The molecule has 0 aromatic heterocycles. The monoisotopic (exact) mass is 391 g/mol. The summed E-state index contributed by atoms with van der Waals surface area (Å²) >= 11 is 1.92. The zero-order valence-electron chi connectivity index (χ0n) is 16.7. The van der Waals surface area contributed by atoms with Crippen molar-refractivity contribution in [2.45, 2.75) is 95.0 Å². The first-order valence-corrected chi connectivity index (χ1v) is 14.4. The van der Waals surface area contributed by atoms with Crippen LogP contribution in [0.4, 0.5) is 0 Å². The van der Waals surface area contributed by atoms with Gasteiger partial charge in [-0.3, -0.25) is 0 Å². The number of thioether (sulfide) groups is 1. The van der Waals surface area contributed by atoms with Gasteiger partial charge in [0.25, 0.3) is 0 Å². The molecule has 24 heavy (non-hydrogen) atoms. The summed E-state index contributed by atoms with van der Waals surface area (Å²) in [7, 11) is -4.85. The minimum Gasteiger partial charge on any atom is -0.414 e. The molecule has 2 fully saturated rings. The predicted molar refractivity (Wildman–Crippen MR) is 108 cm³/mol. The fourth-order valence-electron chi connectivity index (χ4n) is 4.14. The van der Waals surface area contributed by atoms with Gasteiger partial charge in [0.1, 0.15) is 0 Å². The first kappa shape index (κ1) is 20.9. The van der Waals surface area contributed by atoms with Crippen LogP contribution in [0.25, 0.3) is 0 Å². The smallest absolute Gasteiger partial charge is 0.335 e. The van der Waals surface area contributed by atoms with E-state index in [0.29, 0.717) is 34.0 Å². The van der Waals surface area contributed by atoms with E-state index in [4.69, 9.17) is 18.7 Å². The molecule has 4 nitrogen and oxygen atoms in total. The van der Waals surface area contributed by atoms with Crippen molar-refractivity contribution in [2.75, 3.05) is 12.4 Å². The third-order valence-corrected chi connectivity index (χ3v) is 17.3. The molecule has 0 amide bonds. The van der Waals surface area contributed by atoms with Gasteiger partial charge in [-0.15, -0.1) is 0 Å². The lowest BCUT2D eigenvalue weighted by Gasteiger charge is -2.51. The van der Waals surface area contributed by atoms with Gasteiger partial charge in [-0.2, -0.15) is 11.8 Å². The van der Waals surface area contributed by atoms with Crippen LogP contribution in [-0.4, -0.2) is 46.9 Å². The van der Waals surface area contributed by atoms with Crippen molar-refractivity contribution in [1.82, 2.24) is 0 Å². The predicted octanol–water partition coefficient (Wildman–Crippen LogP) is 4.39. The fourth-order valence-corrected chi connectivity index (χ4v) is 16.9. The van der Waals surface area contributed by atoms with Crippen LogP contribution >= 0.6 is 11.8 Å². The van der Waals surface area contributed by atoms with Crippen molar-refractivity contribution >= 4 is 28.9 Å². The molecule has 2 rings (SSSR count). The first-order valence-electron chi connectivity index (χ1n) is 9.46. The second-order valence-corrected chi connectivity index (χ2v) is 18.7. The van der Waals surface area contributed by atoms with E-state index < -0.39 is 17.1 Å².